The van der Waals surface area contributed by atoms with Gasteiger partial charge in [-0.3, -0.25) is 0 Å². The van der Waals surface area contributed by atoms with Crippen molar-refractivity contribution < 1.29 is 4.39 Å². The summed E-state index contributed by atoms with van der Waals surface area (Å²) < 4.78 is 13.8. The molecule has 2 aromatic carbocycles. The van der Waals surface area contributed by atoms with Gasteiger partial charge < -0.3 is 5.32 Å². The van der Waals surface area contributed by atoms with Crippen LogP contribution in [0, 0.1) is 5.82 Å². The van der Waals surface area contributed by atoms with Gasteiger partial charge in [-0.05, 0) is 42.8 Å². The van der Waals surface area contributed by atoms with Gasteiger partial charge in [0.25, 0.3) is 0 Å². The molecule has 0 saturated carbocycles. The number of rotatable bonds is 3. The predicted octanol–water partition coefficient (Wildman–Crippen LogP) is 5.41. The van der Waals surface area contributed by atoms with E-state index in [-0.39, 0.29) is 11.9 Å². The first-order valence-electron chi connectivity index (χ1n) is 5.53. The highest BCUT2D eigenvalue weighted by Gasteiger charge is 2.10. The number of halogens is 3. The zero-order valence-electron chi connectivity index (χ0n) is 9.75. The largest absolute Gasteiger partial charge is 0.378 e. The smallest absolute Gasteiger partial charge is 0.124 e. The Hall–Kier alpha value is -1.06. The van der Waals surface area contributed by atoms with E-state index in [9.17, 15) is 4.39 Å². The lowest BCUT2D eigenvalue weighted by Gasteiger charge is -2.17. The topological polar surface area (TPSA) is 12.0 Å². The fraction of sp³-hybridized carbons (Fsp3) is 0.143. The van der Waals surface area contributed by atoms with Crippen LogP contribution >= 0.6 is 27.5 Å². The van der Waals surface area contributed by atoms with E-state index >= 15 is 0 Å². The van der Waals surface area contributed by atoms with E-state index in [0.717, 1.165) is 15.7 Å². The van der Waals surface area contributed by atoms with Gasteiger partial charge in [-0.15, -0.1) is 0 Å². The number of nitrogens with one attached hydrogen (secondary N) is 1. The van der Waals surface area contributed by atoms with Gasteiger partial charge in [0, 0.05) is 21.2 Å². The van der Waals surface area contributed by atoms with Gasteiger partial charge in [-0.1, -0.05) is 39.7 Å². The lowest BCUT2D eigenvalue weighted by atomic mass is 10.1. The molecular weight excluding hydrogens is 317 g/mol. The second-order valence-electron chi connectivity index (χ2n) is 4.04. The third-order valence-corrected chi connectivity index (χ3v) is 3.56. The van der Waals surface area contributed by atoms with Crippen molar-refractivity contribution in [2.24, 2.45) is 0 Å². The van der Waals surface area contributed by atoms with Gasteiger partial charge in [-0.25, -0.2) is 4.39 Å². The van der Waals surface area contributed by atoms with Crippen LogP contribution in [-0.4, -0.2) is 0 Å². The highest BCUT2D eigenvalue weighted by atomic mass is 79.9. The second kappa shape index (κ2) is 5.72. The SMILES string of the molecule is CC(Nc1cccc(Cl)c1)c1ccc(F)cc1Br. The molecule has 2 aromatic rings. The standard InChI is InChI=1S/C14H12BrClFN/c1-9(13-6-5-11(17)8-14(13)15)18-12-4-2-3-10(16)7-12/h2-9,18H,1H3. The molecule has 1 N–H and O–H groups in total. The van der Waals surface area contributed by atoms with Crippen LogP contribution in [0.15, 0.2) is 46.9 Å². The van der Waals surface area contributed by atoms with Crippen molar-refractivity contribution in [2.75, 3.05) is 5.32 Å². The van der Waals surface area contributed by atoms with Gasteiger partial charge in [0.2, 0.25) is 0 Å². The second-order valence-corrected chi connectivity index (χ2v) is 5.33. The van der Waals surface area contributed by atoms with Crippen molar-refractivity contribution in [3.05, 3.63) is 63.3 Å². The molecule has 0 spiro atoms. The summed E-state index contributed by atoms with van der Waals surface area (Å²) in [6.07, 6.45) is 0. The van der Waals surface area contributed by atoms with Crippen LogP contribution in [0.25, 0.3) is 0 Å². The van der Waals surface area contributed by atoms with E-state index in [0.29, 0.717) is 5.02 Å². The maximum atomic E-state index is 13.0. The van der Waals surface area contributed by atoms with Gasteiger partial charge in [0.15, 0.2) is 0 Å². The Morgan fingerprint density at radius 1 is 1.22 bits per heavy atom. The van der Waals surface area contributed by atoms with E-state index < -0.39 is 0 Å². The molecule has 4 heteroatoms. The van der Waals surface area contributed by atoms with Crippen molar-refractivity contribution in [3.63, 3.8) is 0 Å². The molecule has 0 amide bonds. The zero-order valence-corrected chi connectivity index (χ0v) is 12.1. The van der Waals surface area contributed by atoms with Crippen LogP contribution in [-0.2, 0) is 0 Å². The third kappa shape index (κ3) is 3.24. The van der Waals surface area contributed by atoms with Crippen LogP contribution in [0.4, 0.5) is 10.1 Å². The quantitative estimate of drug-likeness (QED) is 0.794. The lowest BCUT2D eigenvalue weighted by molar-refractivity contribution is 0.625. The molecule has 1 atom stereocenters. The zero-order chi connectivity index (χ0) is 13.1. The Labute approximate surface area is 119 Å². The molecule has 0 aliphatic carbocycles. The molecule has 1 unspecified atom stereocenters. The van der Waals surface area contributed by atoms with Crippen molar-refractivity contribution in [1.29, 1.82) is 0 Å². The Kier molecular flexibility index (Phi) is 4.25. The fourth-order valence-electron chi connectivity index (χ4n) is 1.76. The van der Waals surface area contributed by atoms with Crippen molar-refractivity contribution in [3.8, 4) is 0 Å². The van der Waals surface area contributed by atoms with Gasteiger partial charge in [-0.2, -0.15) is 0 Å². The maximum Gasteiger partial charge on any atom is 0.124 e. The first-order chi connectivity index (χ1) is 8.56. The van der Waals surface area contributed by atoms with E-state index in [4.69, 9.17) is 11.6 Å². The number of hydrogen-bond acceptors (Lipinski definition) is 1. The molecule has 0 bridgehead atoms. The van der Waals surface area contributed by atoms with Gasteiger partial charge >= 0.3 is 0 Å². The summed E-state index contributed by atoms with van der Waals surface area (Å²) >= 11 is 9.30. The summed E-state index contributed by atoms with van der Waals surface area (Å²) in [4.78, 5) is 0. The van der Waals surface area contributed by atoms with Gasteiger partial charge in [0.05, 0.1) is 0 Å². The third-order valence-electron chi connectivity index (χ3n) is 2.64. The monoisotopic (exact) mass is 327 g/mol. The molecule has 0 aliphatic rings. The first-order valence-corrected chi connectivity index (χ1v) is 6.70. The van der Waals surface area contributed by atoms with Crippen molar-refractivity contribution in [1.82, 2.24) is 0 Å². The lowest BCUT2D eigenvalue weighted by Crippen LogP contribution is -2.07. The van der Waals surface area contributed by atoms with Crippen LogP contribution in [0.1, 0.15) is 18.5 Å². The average molecular weight is 329 g/mol. The van der Waals surface area contributed by atoms with Crippen LogP contribution in [0.5, 0.6) is 0 Å². The predicted molar refractivity (Wildman–Crippen MR) is 77.6 cm³/mol. The fourth-order valence-corrected chi connectivity index (χ4v) is 2.64. The summed E-state index contributed by atoms with van der Waals surface area (Å²) in [5, 5.41) is 4.01. The van der Waals surface area contributed by atoms with E-state index in [1.807, 2.05) is 31.2 Å². The molecule has 94 valence electrons. The molecule has 0 aromatic heterocycles. The summed E-state index contributed by atoms with van der Waals surface area (Å²) in [7, 11) is 0. The van der Waals surface area contributed by atoms with E-state index in [2.05, 4.69) is 21.2 Å². The highest BCUT2D eigenvalue weighted by molar-refractivity contribution is 9.10. The van der Waals surface area contributed by atoms with E-state index in [1.54, 1.807) is 6.07 Å². The van der Waals surface area contributed by atoms with Crippen molar-refractivity contribution in [2.45, 2.75) is 13.0 Å². The molecule has 18 heavy (non-hydrogen) atoms. The molecule has 2 rings (SSSR count). The summed E-state index contributed by atoms with van der Waals surface area (Å²) in [5.41, 5.74) is 1.93. The summed E-state index contributed by atoms with van der Waals surface area (Å²) in [6, 6.07) is 12.2. The Morgan fingerprint density at radius 3 is 2.67 bits per heavy atom. The maximum absolute atomic E-state index is 13.0. The minimum Gasteiger partial charge on any atom is -0.378 e. The normalized spacial score (nSPS) is 12.2. The number of hydrogen-bond donors (Lipinski definition) is 1. The van der Waals surface area contributed by atoms with E-state index in [1.165, 1.54) is 12.1 Å². The number of anilines is 1. The summed E-state index contributed by atoms with van der Waals surface area (Å²) in [6.45, 7) is 2.01. The number of benzene rings is 2. The molecular formula is C14H12BrClFN. The minimum absolute atomic E-state index is 0.0541. The van der Waals surface area contributed by atoms with Crippen LogP contribution < -0.4 is 5.32 Å². The minimum atomic E-state index is -0.249. The van der Waals surface area contributed by atoms with Crippen LogP contribution in [0.3, 0.4) is 0 Å². The Bertz CT molecular complexity index is 559. The molecule has 0 fully saturated rings. The molecule has 0 heterocycles. The highest BCUT2D eigenvalue weighted by Crippen LogP contribution is 2.27. The van der Waals surface area contributed by atoms with Crippen molar-refractivity contribution >= 4 is 33.2 Å². The Balaban J connectivity index is 2.19. The molecule has 0 saturated heterocycles. The van der Waals surface area contributed by atoms with Gasteiger partial charge in [0.1, 0.15) is 5.82 Å². The first kappa shape index (κ1) is 13.4. The Morgan fingerprint density at radius 2 is 2.00 bits per heavy atom. The molecule has 0 aliphatic heterocycles. The summed E-state index contributed by atoms with van der Waals surface area (Å²) in [5.74, 6) is -0.249. The van der Waals surface area contributed by atoms with Crippen LogP contribution in [0.2, 0.25) is 5.02 Å². The molecule has 1 nitrogen and oxygen atoms in total. The average Bonchev–Trinajstić information content (AvgIpc) is 2.28. The molecule has 0 radical (unpaired) electrons.